The molecular formula is C16H18BrNS. The first kappa shape index (κ1) is 14.5. The van der Waals surface area contributed by atoms with Crippen LogP contribution >= 0.6 is 27.7 Å². The van der Waals surface area contributed by atoms with E-state index in [0.717, 1.165) is 15.9 Å². The third-order valence-electron chi connectivity index (χ3n) is 3.09. The fraction of sp³-hybridized carbons (Fsp3) is 0.250. The van der Waals surface area contributed by atoms with Gasteiger partial charge in [-0.2, -0.15) is 0 Å². The lowest BCUT2D eigenvalue weighted by Gasteiger charge is -2.09. The van der Waals surface area contributed by atoms with Crippen molar-refractivity contribution in [2.75, 3.05) is 5.73 Å². The van der Waals surface area contributed by atoms with Crippen LogP contribution in [-0.4, -0.2) is 0 Å². The monoisotopic (exact) mass is 335 g/mol. The van der Waals surface area contributed by atoms with E-state index in [1.165, 1.54) is 16.0 Å². The zero-order chi connectivity index (χ0) is 13.8. The summed E-state index contributed by atoms with van der Waals surface area (Å²) >= 11 is 5.37. The Hall–Kier alpha value is -0.930. The minimum Gasteiger partial charge on any atom is -0.398 e. The van der Waals surface area contributed by atoms with Crippen molar-refractivity contribution in [2.24, 2.45) is 0 Å². The van der Waals surface area contributed by atoms with E-state index in [9.17, 15) is 0 Å². The van der Waals surface area contributed by atoms with Gasteiger partial charge in [-0.15, -0.1) is 11.8 Å². The fourth-order valence-electron chi connectivity index (χ4n) is 1.83. The number of halogens is 1. The number of hydrogen-bond acceptors (Lipinski definition) is 2. The van der Waals surface area contributed by atoms with Crippen molar-refractivity contribution in [1.29, 1.82) is 0 Å². The van der Waals surface area contributed by atoms with Crippen molar-refractivity contribution in [2.45, 2.75) is 30.4 Å². The molecule has 0 aliphatic rings. The average molecular weight is 336 g/mol. The molecule has 0 fully saturated rings. The molecule has 0 heterocycles. The highest BCUT2D eigenvalue weighted by molar-refractivity contribution is 9.10. The van der Waals surface area contributed by atoms with E-state index >= 15 is 0 Å². The summed E-state index contributed by atoms with van der Waals surface area (Å²) < 4.78 is 1.08. The van der Waals surface area contributed by atoms with Crippen LogP contribution in [0.25, 0.3) is 0 Å². The Morgan fingerprint density at radius 2 is 1.79 bits per heavy atom. The van der Waals surface area contributed by atoms with E-state index < -0.39 is 0 Å². The van der Waals surface area contributed by atoms with E-state index in [-0.39, 0.29) is 0 Å². The van der Waals surface area contributed by atoms with Gasteiger partial charge in [-0.05, 0) is 41.3 Å². The van der Waals surface area contributed by atoms with E-state index in [1.807, 2.05) is 30.0 Å². The van der Waals surface area contributed by atoms with E-state index in [2.05, 4.69) is 54.0 Å². The lowest BCUT2D eigenvalue weighted by molar-refractivity contribution is 0.865. The maximum atomic E-state index is 6.01. The Balaban J connectivity index is 2.06. The van der Waals surface area contributed by atoms with Gasteiger partial charge in [0.25, 0.3) is 0 Å². The molecule has 0 saturated heterocycles. The number of benzene rings is 2. The van der Waals surface area contributed by atoms with Gasteiger partial charge >= 0.3 is 0 Å². The standard InChI is InChI=1S/C16H18BrNS/c1-11(2)12-6-8-13(9-7-12)19-10-14-15(17)4-3-5-16(14)18/h3-9,11H,10,18H2,1-2H3. The van der Waals surface area contributed by atoms with Gasteiger partial charge < -0.3 is 5.73 Å². The van der Waals surface area contributed by atoms with Crippen molar-refractivity contribution in [3.05, 3.63) is 58.1 Å². The lowest BCUT2D eigenvalue weighted by atomic mass is 10.0. The van der Waals surface area contributed by atoms with Crippen LogP contribution in [0.5, 0.6) is 0 Å². The van der Waals surface area contributed by atoms with Gasteiger partial charge in [0.2, 0.25) is 0 Å². The smallest absolute Gasteiger partial charge is 0.0366 e. The molecule has 0 radical (unpaired) electrons. The van der Waals surface area contributed by atoms with Crippen molar-refractivity contribution in [1.82, 2.24) is 0 Å². The molecule has 0 spiro atoms. The van der Waals surface area contributed by atoms with Crippen molar-refractivity contribution in [3.63, 3.8) is 0 Å². The summed E-state index contributed by atoms with van der Waals surface area (Å²) in [7, 11) is 0. The molecule has 19 heavy (non-hydrogen) atoms. The van der Waals surface area contributed by atoms with Gasteiger partial charge in [-0.3, -0.25) is 0 Å². The number of thioether (sulfide) groups is 1. The minimum absolute atomic E-state index is 0.581. The van der Waals surface area contributed by atoms with Crippen LogP contribution in [0.4, 0.5) is 5.69 Å². The molecule has 2 N–H and O–H groups in total. The molecule has 0 saturated carbocycles. The average Bonchev–Trinajstić information content (AvgIpc) is 2.38. The Morgan fingerprint density at radius 1 is 1.11 bits per heavy atom. The lowest BCUT2D eigenvalue weighted by Crippen LogP contribution is -1.93. The first-order valence-electron chi connectivity index (χ1n) is 6.33. The molecular weight excluding hydrogens is 318 g/mol. The maximum Gasteiger partial charge on any atom is 0.0366 e. The second-order valence-corrected chi connectivity index (χ2v) is 6.72. The van der Waals surface area contributed by atoms with Gasteiger partial charge in [-0.25, -0.2) is 0 Å². The first-order chi connectivity index (χ1) is 9.08. The molecule has 2 aromatic carbocycles. The number of hydrogen-bond donors (Lipinski definition) is 1. The number of rotatable bonds is 4. The largest absolute Gasteiger partial charge is 0.398 e. The number of anilines is 1. The highest BCUT2D eigenvalue weighted by Crippen LogP contribution is 2.31. The third-order valence-corrected chi connectivity index (χ3v) is 4.87. The van der Waals surface area contributed by atoms with Crippen molar-refractivity contribution < 1.29 is 0 Å². The SMILES string of the molecule is CC(C)c1ccc(SCc2c(N)cccc2Br)cc1. The van der Waals surface area contributed by atoms with Crippen LogP contribution in [0.15, 0.2) is 51.8 Å². The summed E-state index contributed by atoms with van der Waals surface area (Å²) in [6.07, 6.45) is 0. The number of nitrogen functional groups attached to an aromatic ring is 1. The molecule has 100 valence electrons. The minimum atomic E-state index is 0.581. The van der Waals surface area contributed by atoms with Gasteiger partial charge in [0.15, 0.2) is 0 Å². The molecule has 0 atom stereocenters. The molecule has 0 aliphatic carbocycles. The van der Waals surface area contributed by atoms with Crippen LogP contribution in [0.1, 0.15) is 30.9 Å². The molecule has 0 aromatic heterocycles. The molecule has 3 heteroatoms. The second kappa shape index (κ2) is 6.49. The number of nitrogens with two attached hydrogens (primary N) is 1. The zero-order valence-electron chi connectivity index (χ0n) is 11.2. The molecule has 0 aliphatic heterocycles. The first-order valence-corrected chi connectivity index (χ1v) is 8.11. The van der Waals surface area contributed by atoms with Crippen LogP contribution < -0.4 is 5.73 Å². The summed E-state index contributed by atoms with van der Waals surface area (Å²) in [5.74, 6) is 1.46. The van der Waals surface area contributed by atoms with Gasteiger partial charge in [0.1, 0.15) is 0 Å². The van der Waals surface area contributed by atoms with Crippen LogP contribution in [0, 0.1) is 0 Å². The quantitative estimate of drug-likeness (QED) is 0.594. The van der Waals surface area contributed by atoms with E-state index in [1.54, 1.807) is 0 Å². The summed E-state index contributed by atoms with van der Waals surface area (Å²) in [6.45, 7) is 4.42. The highest BCUT2D eigenvalue weighted by Gasteiger charge is 2.05. The zero-order valence-corrected chi connectivity index (χ0v) is 13.6. The molecule has 2 rings (SSSR count). The topological polar surface area (TPSA) is 26.0 Å². The van der Waals surface area contributed by atoms with E-state index in [4.69, 9.17) is 5.73 Å². The van der Waals surface area contributed by atoms with Crippen LogP contribution in [0.2, 0.25) is 0 Å². The Kier molecular flexibility index (Phi) is 4.94. The molecule has 0 unspecified atom stereocenters. The fourth-order valence-corrected chi connectivity index (χ4v) is 3.50. The predicted molar refractivity (Wildman–Crippen MR) is 88.6 cm³/mol. The van der Waals surface area contributed by atoms with Gasteiger partial charge in [0, 0.05) is 20.8 Å². The molecule has 0 bridgehead atoms. The molecule has 1 nitrogen and oxygen atoms in total. The van der Waals surface area contributed by atoms with E-state index in [0.29, 0.717) is 5.92 Å². The third kappa shape index (κ3) is 3.77. The predicted octanol–water partition coefficient (Wildman–Crippen LogP) is 5.45. The van der Waals surface area contributed by atoms with Crippen LogP contribution in [-0.2, 0) is 5.75 Å². The summed E-state index contributed by atoms with van der Waals surface area (Å²) in [4.78, 5) is 1.28. The summed E-state index contributed by atoms with van der Waals surface area (Å²) in [5, 5.41) is 0. The molecule has 2 aromatic rings. The normalized spacial score (nSPS) is 10.9. The Labute approximate surface area is 127 Å². The molecule has 0 amide bonds. The van der Waals surface area contributed by atoms with Crippen LogP contribution in [0.3, 0.4) is 0 Å². The Bertz CT molecular complexity index is 529. The Morgan fingerprint density at radius 3 is 2.37 bits per heavy atom. The van der Waals surface area contributed by atoms with Crippen molar-refractivity contribution in [3.8, 4) is 0 Å². The highest BCUT2D eigenvalue weighted by atomic mass is 79.9. The summed E-state index contributed by atoms with van der Waals surface area (Å²) in [6, 6.07) is 14.7. The summed E-state index contributed by atoms with van der Waals surface area (Å²) in [5.41, 5.74) is 9.40. The van der Waals surface area contributed by atoms with Crippen molar-refractivity contribution >= 4 is 33.4 Å². The maximum absolute atomic E-state index is 6.01. The second-order valence-electron chi connectivity index (χ2n) is 4.82. The van der Waals surface area contributed by atoms with Gasteiger partial charge in [-0.1, -0.05) is 48.0 Å². The van der Waals surface area contributed by atoms with Gasteiger partial charge in [0.05, 0.1) is 0 Å².